The minimum atomic E-state index is -0.646. The molecule has 5 heteroatoms. The largest absolute Gasteiger partial charge is 0.350 e. The molecule has 1 aromatic carbocycles. The third-order valence-corrected chi connectivity index (χ3v) is 3.57. The molecular weight excluding hydrogens is 271 g/mol. The van der Waals surface area contributed by atoms with E-state index < -0.39 is 5.54 Å². The molecule has 0 spiro atoms. The minimum absolute atomic E-state index is 0. The van der Waals surface area contributed by atoms with E-state index in [0.29, 0.717) is 11.6 Å². The van der Waals surface area contributed by atoms with Crippen LogP contribution in [0.3, 0.4) is 0 Å². The Balaban J connectivity index is 0.00000162. The summed E-state index contributed by atoms with van der Waals surface area (Å²) in [5.74, 6) is -0.0371. The van der Waals surface area contributed by atoms with Gasteiger partial charge in [0.1, 0.15) is 0 Å². The molecule has 1 amide bonds. The third-order valence-electron chi connectivity index (χ3n) is 3.31. The first-order valence-corrected chi connectivity index (χ1v) is 6.30. The van der Waals surface area contributed by atoms with Gasteiger partial charge < -0.3 is 11.1 Å². The maximum atomic E-state index is 11.9. The van der Waals surface area contributed by atoms with Gasteiger partial charge in [0.15, 0.2) is 0 Å². The predicted octanol–water partition coefficient (Wildman–Crippen LogP) is 2.65. The zero-order chi connectivity index (χ0) is 12.3. The van der Waals surface area contributed by atoms with Crippen LogP contribution in [0.2, 0.25) is 5.02 Å². The molecule has 18 heavy (non-hydrogen) atoms. The summed E-state index contributed by atoms with van der Waals surface area (Å²) in [4.78, 5) is 11.9. The van der Waals surface area contributed by atoms with Crippen LogP contribution in [-0.2, 0) is 11.3 Å². The van der Waals surface area contributed by atoms with Crippen molar-refractivity contribution in [3.8, 4) is 0 Å². The highest BCUT2D eigenvalue weighted by molar-refractivity contribution is 6.30. The Morgan fingerprint density at radius 3 is 2.39 bits per heavy atom. The molecular formula is C13H18Cl2N2O. The van der Waals surface area contributed by atoms with Gasteiger partial charge in [0.25, 0.3) is 0 Å². The SMILES string of the molecule is Cl.NC1(C(=O)NCc2ccc(Cl)cc2)CCCC1. The van der Waals surface area contributed by atoms with Crippen LogP contribution in [0.15, 0.2) is 24.3 Å². The van der Waals surface area contributed by atoms with Gasteiger partial charge in [-0.15, -0.1) is 12.4 Å². The van der Waals surface area contributed by atoms with Crippen molar-refractivity contribution in [3.63, 3.8) is 0 Å². The lowest BCUT2D eigenvalue weighted by atomic mass is 9.98. The lowest BCUT2D eigenvalue weighted by Crippen LogP contribution is -2.51. The zero-order valence-electron chi connectivity index (χ0n) is 10.1. The van der Waals surface area contributed by atoms with Crippen molar-refractivity contribution in [2.24, 2.45) is 5.73 Å². The van der Waals surface area contributed by atoms with Gasteiger partial charge >= 0.3 is 0 Å². The van der Waals surface area contributed by atoms with Crippen LogP contribution in [-0.4, -0.2) is 11.4 Å². The highest BCUT2D eigenvalue weighted by Gasteiger charge is 2.36. The first-order chi connectivity index (χ1) is 8.10. The van der Waals surface area contributed by atoms with Gasteiger partial charge in [0.05, 0.1) is 5.54 Å². The average molecular weight is 289 g/mol. The molecule has 0 unspecified atom stereocenters. The fraction of sp³-hybridized carbons (Fsp3) is 0.462. The van der Waals surface area contributed by atoms with Crippen molar-refractivity contribution in [2.75, 3.05) is 0 Å². The number of hydrogen-bond donors (Lipinski definition) is 2. The zero-order valence-corrected chi connectivity index (χ0v) is 11.7. The first-order valence-electron chi connectivity index (χ1n) is 5.92. The fourth-order valence-corrected chi connectivity index (χ4v) is 2.32. The maximum Gasteiger partial charge on any atom is 0.240 e. The predicted molar refractivity (Wildman–Crippen MR) is 75.9 cm³/mol. The summed E-state index contributed by atoms with van der Waals surface area (Å²) >= 11 is 5.79. The van der Waals surface area contributed by atoms with Crippen LogP contribution in [0.25, 0.3) is 0 Å². The van der Waals surface area contributed by atoms with E-state index in [4.69, 9.17) is 17.3 Å². The fourth-order valence-electron chi connectivity index (χ4n) is 2.19. The van der Waals surface area contributed by atoms with Crippen LogP contribution < -0.4 is 11.1 Å². The smallest absolute Gasteiger partial charge is 0.240 e. The third kappa shape index (κ3) is 3.61. The Morgan fingerprint density at radius 1 is 1.28 bits per heavy atom. The summed E-state index contributed by atoms with van der Waals surface area (Å²) in [5, 5.41) is 3.59. The van der Waals surface area contributed by atoms with E-state index in [-0.39, 0.29) is 18.3 Å². The standard InChI is InChI=1S/C13H17ClN2O.ClH/c14-11-5-3-10(4-6-11)9-16-12(17)13(15)7-1-2-8-13;/h3-6H,1-2,7-9,15H2,(H,16,17);1H. The van der Waals surface area contributed by atoms with E-state index in [0.717, 1.165) is 31.2 Å². The second kappa shape index (κ2) is 6.41. The minimum Gasteiger partial charge on any atom is -0.350 e. The summed E-state index contributed by atoms with van der Waals surface area (Å²) in [6.07, 6.45) is 3.68. The Labute approximate surface area is 118 Å². The molecule has 1 aliphatic carbocycles. The maximum absolute atomic E-state index is 11.9. The highest BCUT2D eigenvalue weighted by Crippen LogP contribution is 2.27. The molecule has 1 saturated carbocycles. The number of nitrogens with two attached hydrogens (primary N) is 1. The number of halogens is 2. The summed E-state index contributed by atoms with van der Waals surface area (Å²) in [6, 6.07) is 7.44. The van der Waals surface area contributed by atoms with Crippen LogP contribution in [0.5, 0.6) is 0 Å². The summed E-state index contributed by atoms with van der Waals surface area (Å²) < 4.78 is 0. The second-order valence-corrected chi connectivity index (χ2v) is 5.11. The van der Waals surface area contributed by atoms with E-state index >= 15 is 0 Å². The Hall–Kier alpha value is -0.770. The lowest BCUT2D eigenvalue weighted by Gasteiger charge is -2.22. The number of carbonyl (C=O) groups excluding carboxylic acids is 1. The highest BCUT2D eigenvalue weighted by atomic mass is 35.5. The molecule has 3 nitrogen and oxygen atoms in total. The van der Waals surface area contributed by atoms with Crippen LogP contribution in [0.1, 0.15) is 31.2 Å². The Kier molecular flexibility index (Phi) is 5.45. The molecule has 0 atom stereocenters. The van der Waals surface area contributed by atoms with E-state index in [9.17, 15) is 4.79 Å². The molecule has 0 aromatic heterocycles. The topological polar surface area (TPSA) is 55.1 Å². The van der Waals surface area contributed by atoms with Crippen molar-refractivity contribution >= 4 is 29.9 Å². The van der Waals surface area contributed by atoms with Crippen molar-refractivity contribution in [1.29, 1.82) is 0 Å². The van der Waals surface area contributed by atoms with Crippen LogP contribution >= 0.6 is 24.0 Å². The first kappa shape index (κ1) is 15.3. The van der Waals surface area contributed by atoms with E-state index in [2.05, 4.69) is 5.32 Å². The number of carbonyl (C=O) groups is 1. The van der Waals surface area contributed by atoms with Crippen molar-refractivity contribution in [3.05, 3.63) is 34.9 Å². The number of amides is 1. The molecule has 0 aliphatic heterocycles. The number of nitrogens with one attached hydrogen (secondary N) is 1. The second-order valence-electron chi connectivity index (χ2n) is 4.67. The number of benzene rings is 1. The van der Waals surface area contributed by atoms with Gasteiger partial charge in [-0.05, 0) is 30.5 Å². The molecule has 2 rings (SSSR count). The molecule has 1 fully saturated rings. The monoisotopic (exact) mass is 288 g/mol. The summed E-state index contributed by atoms with van der Waals surface area (Å²) in [5.41, 5.74) is 6.44. The Bertz CT molecular complexity index is 400. The lowest BCUT2D eigenvalue weighted by molar-refractivity contribution is -0.126. The Morgan fingerprint density at radius 2 is 1.83 bits per heavy atom. The quantitative estimate of drug-likeness (QED) is 0.898. The molecule has 100 valence electrons. The normalized spacial score (nSPS) is 17.0. The van der Waals surface area contributed by atoms with Gasteiger partial charge in [-0.2, -0.15) is 0 Å². The van der Waals surface area contributed by atoms with Gasteiger partial charge in [0.2, 0.25) is 5.91 Å². The number of rotatable bonds is 3. The van der Waals surface area contributed by atoms with Crippen molar-refractivity contribution in [2.45, 2.75) is 37.8 Å². The van der Waals surface area contributed by atoms with Gasteiger partial charge in [-0.1, -0.05) is 36.6 Å². The van der Waals surface area contributed by atoms with Gasteiger partial charge in [-0.25, -0.2) is 0 Å². The van der Waals surface area contributed by atoms with Crippen molar-refractivity contribution in [1.82, 2.24) is 5.32 Å². The average Bonchev–Trinajstić information content (AvgIpc) is 2.76. The van der Waals surface area contributed by atoms with Crippen molar-refractivity contribution < 1.29 is 4.79 Å². The summed E-state index contributed by atoms with van der Waals surface area (Å²) in [7, 11) is 0. The molecule has 0 bridgehead atoms. The molecule has 1 aliphatic rings. The number of hydrogen-bond acceptors (Lipinski definition) is 2. The van der Waals surface area contributed by atoms with E-state index in [1.54, 1.807) is 0 Å². The van der Waals surface area contributed by atoms with Crippen LogP contribution in [0.4, 0.5) is 0 Å². The molecule has 0 saturated heterocycles. The molecule has 0 heterocycles. The van der Waals surface area contributed by atoms with Gasteiger partial charge in [-0.3, -0.25) is 4.79 Å². The molecule has 0 radical (unpaired) electrons. The van der Waals surface area contributed by atoms with Gasteiger partial charge in [0, 0.05) is 11.6 Å². The summed E-state index contributed by atoms with van der Waals surface area (Å²) in [6.45, 7) is 0.509. The molecule has 3 N–H and O–H groups in total. The molecule has 1 aromatic rings. The van der Waals surface area contributed by atoms with E-state index in [1.165, 1.54) is 0 Å². The van der Waals surface area contributed by atoms with Crippen LogP contribution in [0, 0.1) is 0 Å². The van der Waals surface area contributed by atoms with E-state index in [1.807, 2.05) is 24.3 Å².